The number of rotatable bonds is 4. The SMILES string of the molecule is O=C(C/C(C#Cc1cccs1)=C\c1cccs1)Nc1cccc2cccnc12. The van der Waals surface area contributed by atoms with Crippen LogP contribution in [0.1, 0.15) is 16.2 Å². The Labute approximate surface area is 171 Å². The quantitative estimate of drug-likeness (QED) is 0.439. The number of fused-ring (bicyclic) bond motifs is 1. The van der Waals surface area contributed by atoms with Gasteiger partial charge in [-0.2, -0.15) is 0 Å². The van der Waals surface area contributed by atoms with E-state index in [1.165, 1.54) is 0 Å². The Balaban J connectivity index is 1.56. The van der Waals surface area contributed by atoms with E-state index in [0.717, 1.165) is 26.2 Å². The zero-order valence-corrected chi connectivity index (χ0v) is 16.5. The number of anilines is 1. The predicted molar refractivity (Wildman–Crippen MR) is 118 cm³/mol. The summed E-state index contributed by atoms with van der Waals surface area (Å²) in [6, 6.07) is 17.6. The van der Waals surface area contributed by atoms with Crippen LogP contribution in [0.25, 0.3) is 17.0 Å². The average molecular weight is 401 g/mol. The second-order valence-corrected chi connectivity index (χ2v) is 7.94. The van der Waals surface area contributed by atoms with Gasteiger partial charge in [-0.3, -0.25) is 9.78 Å². The molecule has 0 unspecified atom stereocenters. The Kier molecular flexibility index (Phi) is 5.62. The minimum atomic E-state index is -0.110. The molecule has 1 aromatic carbocycles. The normalized spacial score (nSPS) is 11.1. The Hall–Kier alpha value is -3.20. The van der Waals surface area contributed by atoms with Crippen LogP contribution in [0.3, 0.4) is 0 Å². The van der Waals surface area contributed by atoms with Crippen molar-refractivity contribution in [3.63, 3.8) is 0 Å². The lowest BCUT2D eigenvalue weighted by atomic mass is 10.1. The third kappa shape index (κ3) is 4.55. The highest BCUT2D eigenvalue weighted by Gasteiger charge is 2.09. The lowest BCUT2D eigenvalue weighted by Gasteiger charge is -2.08. The number of nitrogens with one attached hydrogen (secondary N) is 1. The van der Waals surface area contributed by atoms with Gasteiger partial charge in [0.1, 0.15) is 0 Å². The summed E-state index contributed by atoms with van der Waals surface area (Å²) in [6.45, 7) is 0. The molecule has 0 fully saturated rings. The fourth-order valence-electron chi connectivity index (χ4n) is 2.74. The molecule has 0 bridgehead atoms. The molecule has 1 N–H and O–H groups in total. The zero-order chi connectivity index (χ0) is 19.2. The summed E-state index contributed by atoms with van der Waals surface area (Å²) in [5, 5.41) is 7.98. The number of nitrogens with zero attached hydrogens (tertiary/aromatic N) is 1. The van der Waals surface area contributed by atoms with Crippen LogP contribution in [-0.4, -0.2) is 10.9 Å². The molecular weight excluding hydrogens is 384 g/mol. The van der Waals surface area contributed by atoms with E-state index in [0.29, 0.717) is 5.69 Å². The molecule has 1 amide bonds. The molecule has 0 spiro atoms. The number of carbonyl (C=O) groups excluding carboxylic acids is 1. The summed E-state index contributed by atoms with van der Waals surface area (Å²) < 4.78 is 0. The van der Waals surface area contributed by atoms with Gasteiger partial charge in [-0.25, -0.2) is 0 Å². The number of para-hydroxylation sites is 1. The van der Waals surface area contributed by atoms with Crippen molar-refractivity contribution in [3.05, 3.63) is 86.9 Å². The molecule has 0 aliphatic rings. The highest BCUT2D eigenvalue weighted by molar-refractivity contribution is 7.11. The highest BCUT2D eigenvalue weighted by Crippen LogP contribution is 2.22. The first-order valence-corrected chi connectivity index (χ1v) is 10.5. The molecule has 28 heavy (non-hydrogen) atoms. The fraction of sp³-hybridized carbons (Fsp3) is 0.0435. The number of hydrogen-bond donors (Lipinski definition) is 1. The van der Waals surface area contributed by atoms with E-state index in [2.05, 4.69) is 22.1 Å². The van der Waals surface area contributed by atoms with Crippen molar-refractivity contribution in [2.24, 2.45) is 0 Å². The van der Waals surface area contributed by atoms with Gasteiger partial charge in [-0.15, -0.1) is 22.7 Å². The van der Waals surface area contributed by atoms with Crippen molar-refractivity contribution >= 4 is 51.2 Å². The first-order chi connectivity index (χ1) is 13.8. The molecule has 4 rings (SSSR count). The van der Waals surface area contributed by atoms with Gasteiger partial charge >= 0.3 is 0 Å². The van der Waals surface area contributed by atoms with E-state index in [1.807, 2.05) is 71.4 Å². The molecule has 0 radical (unpaired) electrons. The van der Waals surface area contributed by atoms with Gasteiger partial charge in [0.2, 0.25) is 5.91 Å². The second-order valence-electron chi connectivity index (χ2n) is 6.02. The third-order valence-electron chi connectivity index (χ3n) is 3.98. The molecule has 4 aromatic rings. The number of thiophene rings is 2. The summed E-state index contributed by atoms with van der Waals surface area (Å²) in [6.07, 6.45) is 3.91. The van der Waals surface area contributed by atoms with Crippen LogP contribution in [0.15, 0.2) is 77.1 Å². The van der Waals surface area contributed by atoms with Gasteiger partial charge in [-0.1, -0.05) is 42.2 Å². The van der Waals surface area contributed by atoms with Gasteiger partial charge in [0.05, 0.1) is 22.5 Å². The van der Waals surface area contributed by atoms with Crippen LogP contribution in [0.4, 0.5) is 5.69 Å². The van der Waals surface area contributed by atoms with E-state index in [1.54, 1.807) is 28.9 Å². The fourth-order valence-corrected chi connectivity index (χ4v) is 3.99. The Morgan fingerprint density at radius 3 is 2.71 bits per heavy atom. The molecule has 3 nitrogen and oxygen atoms in total. The maximum atomic E-state index is 12.7. The van der Waals surface area contributed by atoms with Crippen molar-refractivity contribution in [2.75, 3.05) is 5.32 Å². The predicted octanol–water partition coefficient (Wildman–Crippen LogP) is 5.82. The summed E-state index contributed by atoms with van der Waals surface area (Å²) in [5.41, 5.74) is 2.28. The zero-order valence-electron chi connectivity index (χ0n) is 14.9. The van der Waals surface area contributed by atoms with Crippen LogP contribution in [-0.2, 0) is 4.79 Å². The monoisotopic (exact) mass is 400 g/mol. The van der Waals surface area contributed by atoms with E-state index >= 15 is 0 Å². The van der Waals surface area contributed by atoms with Crippen molar-refractivity contribution in [2.45, 2.75) is 6.42 Å². The second kappa shape index (κ2) is 8.66. The maximum Gasteiger partial charge on any atom is 0.229 e. The van der Waals surface area contributed by atoms with Gasteiger partial charge in [0, 0.05) is 22.0 Å². The molecule has 0 saturated heterocycles. The number of benzene rings is 1. The van der Waals surface area contributed by atoms with Crippen molar-refractivity contribution in [3.8, 4) is 11.8 Å². The molecule has 0 atom stereocenters. The Morgan fingerprint density at radius 2 is 1.89 bits per heavy atom. The molecule has 0 saturated carbocycles. The Bertz CT molecular complexity index is 1180. The number of pyridine rings is 1. The molecule has 0 aliphatic carbocycles. The molecule has 3 aromatic heterocycles. The van der Waals surface area contributed by atoms with E-state index in [4.69, 9.17) is 0 Å². The largest absolute Gasteiger partial charge is 0.324 e. The standard InChI is InChI=1S/C23H16N2OS2/c26-22(25-21-9-1-5-18-6-2-12-24-23(18)21)16-17(15-20-8-4-14-28-20)10-11-19-7-3-13-27-19/h1-9,12-15H,16H2,(H,25,26)/b17-15-. The van der Waals surface area contributed by atoms with Crippen molar-refractivity contribution in [1.82, 2.24) is 4.98 Å². The smallest absolute Gasteiger partial charge is 0.229 e. The molecule has 0 aliphatic heterocycles. The lowest BCUT2D eigenvalue weighted by Crippen LogP contribution is -2.12. The summed E-state index contributed by atoms with van der Waals surface area (Å²) >= 11 is 3.21. The van der Waals surface area contributed by atoms with Crippen molar-refractivity contribution < 1.29 is 4.79 Å². The molecule has 3 heterocycles. The number of carbonyl (C=O) groups is 1. The third-order valence-corrected chi connectivity index (χ3v) is 5.59. The van der Waals surface area contributed by atoms with Crippen LogP contribution < -0.4 is 5.32 Å². The van der Waals surface area contributed by atoms with Crippen LogP contribution >= 0.6 is 22.7 Å². The van der Waals surface area contributed by atoms with Crippen molar-refractivity contribution in [1.29, 1.82) is 0 Å². The van der Waals surface area contributed by atoms with Crippen LogP contribution in [0.2, 0.25) is 0 Å². The van der Waals surface area contributed by atoms with E-state index in [9.17, 15) is 4.79 Å². The maximum absolute atomic E-state index is 12.7. The molecule has 5 heteroatoms. The lowest BCUT2D eigenvalue weighted by molar-refractivity contribution is -0.115. The number of hydrogen-bond acceptors (Lipinski definition) is 4. The van der Waals surface area contributed by atoms with Crippen LogP contribution in [0.5, 0.6) is 0 Å². The minimum absolute atomic E-state index is 0.110. The van der Waals surface area contributed by atoms with Gasteiger partial charge < -0.3 is 5.32 Å². The Morgan fingerprint density at radius 1 is 1.04 bits per heavy atom. The first-order valence-electron chi connectivity index (χ1n) is 8.71. The van der Waals surface area contributed by atoms with Gasteiger partial charge in [-0.05, 0) is 41.1 Å². The summed E-state index contributed by atoms with van der Waals surface area (Å²) in [7, 11) is 0. The van der Waals surface area contributed by atoms with E-state index in [-0.39, 0.29) is 12.3 Å². The first kappa shape index (κ1) is 18.2. The van der Waals surface area contributed by atoms with Gasteiger partial charge in [0.15, 0.2) is 0 Å². The number of aromatic nitrogens is 1. The highest BCUT2D eigenvalue weighted by atomic mass is 32.1. The molecular formula is C23H16N2OS2. The van der Waals surface area contributed by atoms with E-state index < -0.39 is 0 Å². The van der Waals surface area contributed by atoms with Crippen LogP contribution in [0, 0.1) is 11.8 Å². The topological polar surface area (TPSA) is 42.0 Å². The summed E-state index contributed by atoms with van der Waals surface area (Å²) in [5.74, 6) is 6.20. The summed E-state index contributed by atoms with van der Waals surface area (Å²) in [4.78, 5) is 19.2. The molecule has 136 valence electrons. The number of amides is 1. The minimum Gasteiger partial charge on any atom is -0.324 e. The van der Waals surface area contributed by atoms with Gasteiger partial charge in [0.25, 0.3) is 0 Å². The average Bonchev–Trinajstić information content (AvgIpc) is 3.40.